The molecule has 4 rings (SSSR count). The van der Waals surface area contributed by atoms with Crippen LogP contribution in [0.15, 0.2) is 53.2 Å². The van der Waals surface area contributed by atoms with Crippen LogP contribution in [-0.2, 0) is 6.54 Å². The fraction of sp³-hybridized carbons (Fsp3) is 0.393. The Labute approximate surface area is 196 Å². The van der Waals surface area contributed by atoms with Gasteiger partial charge >= 0.3 is 6.03 Å². The number of thiophene rings is 1. The quantitative estimate of drug-likeness (QED) is 0.395. The number of hydrogen-bond donors (Lipinski definition) is 1. The fourth-order valence-electron chi connectivity index (χ4n) is 4.92. The van der Waals surface area contributed by atoms with E-state index >= 15 is 0 Å². The molecule has 3 aromatic rings. The molecule has 0 radical (unpaired) electrons. The standard InChI is InChI=1S/C28H34N2OS/c1-20-16-21(2)27(22(3)17-20)29-28(31)30(26-8-6-4-5-7-9-26)18-23-10-12-24(13-11-23)25-14-15-32-19-25/h10-17,19,26H,4-9,18H2,1-3H3,(H,29,31). The van der Waals surface area contributed by atoms with E-state index in [1.165, 1.54) is 47.9 Å². The van der Waals surface area contributed by atoms with Crippen molar-refractivity contribution in [3.05, 3.63) is 75.5 Å². The van der Waals surface area contributed by atoms with Crippen molar-refractivity contribution in [2.45, 2.75) is 71.9 Å². The lowest BCUT2D eigenvalue weighted by Crippen LogP contribution is -2.42. The predicted octanol–water partition coefficient (Wildman–Crippen LogP) is 8.10. The molecule has 1 aliphatic rings. The Hall–Kier alpha value is -2.59. The van der Waals surface area contributed by atoms with Gasteiger partial charge in [-0.3, -0.25) is 0 Å². The highest BCUT2D eigenvalue weighted by Crippen LogP contribution is 2.28. The largest absolute Gasteiger partial charge is 0.322 e. The summed E-state index contributed by atoms with van der Waals surface area (Å²) in [5.74, 6) is 0. The number of anilines is 1. The molecule has 1 N–H and O–H groups in total. The number of nitrogens with one attached hydrogen (secondary N) is 1. The van der Waals surface area contributed by atoms with E-state index in [2.05, 4.69) is 84.2 Å². The van der Waals surface area contributed by atoms with E-state index in [1.54, 1.807) is 11.3 Å². The molecular weight excluding hydrogens is 412 g/mol. The van der Waals surface area contributed by atoms with Crippen LogP contribution in [0.1, 0.15) is 60.8 Å². The molecule has 0 saturated heterocycles. The number of urea groups is 1. The molecule has 0 bridgehead atoms. The Morgan fingerprint density at radius 1 is 0.938 bits per heavy atom. The van der Waals surface area contributed by atoms with Crippen molar-refractivity contribution in [3.8, 4) is 11.1 Å². The molecule has 1 saturated carbocycles. The molecular formula is C28H34N2OS. The fourth-order valence-corrected chi connectivity index (χ4v) is 5.59. The van der Waals surface area contributed by atoms with Crippen molar-refractivity contribution in [2.75, 3.05) is 5.32 Å². The van der Waals surface area contributed by atoms with Gasteiger partial charge in [-0.15, -0.1) is 0 Å². The summed E-state index contributed by atoms with van der Waals surface area (Å²) in [6.07, 6.45) is 7.13. The van der Waals surface area contributed by atoms with E-state index in [9.17, 15) is 4.79 Å². The third kappa shape index (κ3) is 5.42. The summed E-state index contributed by atoms with van der Waals surface area (Å²) < 4.78 is 0. The molecule has 1 aromatic heterocycles. The molecule has 1 aliphatic carbocycles. The van der Waals surface area contributed by atoms with E-state index in [1.807, 2.05) is 0 Å². The molecule has 0 atom stereocenters. The van der Waals surface area contributed by atoms with E-state index in [0.29, 0.717) is 12.6 Å². The zero-order valence-electron chi connectivity index (χ0n) is 19.5. The second kappa shape index (κ2) is 10.4. The molecule has 1 heterocycles. The average molecular weight is 447 g/mol. The normalized spacial score (nSPS) is 14.7. The Bertz CT molecular complexity index is 1010. The third-order valence-electron chi connectivity index (χ3n) is 6.60. The molecule has 0 spiro atoms. The smallest absolute Gasteiger partial charge is 0.317 e. The van der Waals surface area contributed by atoms with Crippen molar-refractivity contribution in [1.82, 2.24) is 4.90 Å². The summed E-state index contributed by atoms with van der Waals surface area (Å²) in [6, 6.07) is 15.4. The maximum Gasteiger partial charge on any atom is 0.322 e. The molecule has 0 unspecified atom stereocenters. The van der Waals surface area contributed by atoms with E-state index < -0.39 is 0 Å². The van der Waals surface area contributed by atoms with Gasteiger partial charge in [0.1, 0.15) is 0 Å². The minimum Gasteiger partial charge on any atom is -0.317 e. The molecule has 4 heteroatoms. The van der Waals surface area contributed by atoms with Gasteiger partial charge in [-0.25, -0.2) is 4.79 Å². The summed E-state index contributed by atoms with van der Waals surface area (Å²) in [6.45, 7) is 6.90. The van der Waals surface area contributed by atoms with Crippen LogP contribution in [0.2, 0.25) is 0 Å². The van der Waals surface area contributed by atoms with Crippen molar-refractivity contribution in [3.63, 3.8) is 0 Å². The van der Waals surface area contributed by atoms with Gasteiger partial charge in [0.05, 0.1) is 0 Å². The summed E-state index contributed by atoms with van der Waals surface area (Å²) in [7, 11) is 0. The molecule has 3 nitrogen and oxygen atoms in total. The van der Waals surface area contributed by atoms with Crippen LogP contribution in [0, 0.1) is 20.8 Å². The van der Waals surface area contributed by atoms with Gasteiger partial charge in [0.25, 0.3) is 0 Å². The lowest BCUT2D eigenvalue weighted by atomic mass is 10.0. The Morgan fingerprint density at radius 2 is 1.59 bits per heavy atom. The minimum atomic E-state index is 0.0221. The highest BCUT2D eigenvalue weighted by atomic mass is 32.1. The van der Waals surface area contributed by atoms with Crippen LogP contribution >= 0.6 is 11.3 Å². The molecule has 168 valence electrons. The van der Waals surface area contributed by atoms with E-state index in [-0.39, 0.29) is 6.03 Å². The highest BCUT2D eigenvalue weighted by molar-refractivity contribution is 7.08. The van der Waals surface area contributed by atoms with Gasteiger partial charge in [-0.05, 0) is 78.3 Å². The zero-order valence-corrected chi connectivity index (χ0v) is 20.3. The van der Waals surface area contributed by atoms with Gasteiger partial charge in [-0.2, -0.15) is 11.3 Å². The van der Waals surface area contributed by atoms with Crippen LogP contribution < -0.4 is 5.32 Å². The first kappa shape index (κ1) is 22.6. The molecule has 2 amide bonds. The van der Waals surface area contributed by atoms with Crippen molar-refractivity contribution in [1.29, 1.82) is 0 Å². The maximum absolute atomic E-state index is 13.6. The van der Waals surface area contributed by atoms with Crippen LogP contribution in [0.25, 0.3) is 11.1 Å². The number of nitrogens with zero attached hydrogens (tertiary/aromatic N) is 1. The molecule has 0 aliphatic heterocycles. The molecule has 1 fully saturated rings. The number of rotatable bonds is 5. The lowest BCUT2D eigenvalue weighted by Gasteiger charge is -2.32. The first-order chi connectivity index (χ1) is 15.5. The number of carbonyl (C=O) groups excluding carboxylic acids is 1. The monoisotopic (exact) mass is 446 g/mol. The van der Waals surface area contributed by atoms with Gasteiger partial charge in [0, 0.05) is 18.3 Å². The van der Waals surface area contributed by atoms with Crippen LogP contribution in [-0.4, -0.2) is 17.0 Å². The van der Waals surface area contributed by atoms with Gasteiger partial charge in [0.2, 0.25) is 0 Å². The van der Waals surface area contributed by atoms with Crippen LogP contribution in [0.4, 0.5) is 10.5 Å². The second-order valence-corrected chi connectivity index (χ2v) is 9.97. The molecule has 32 heavy (non-hydrogen) atoms. The lowest BCUT2D eigenvalue weighted by molar-refractivity contribution is 0.175. The maximum atomic E-state index is 13.6. The van der Waals surface area contributed by atoms with E-state index in [0.717, 1.165) is 29.7 Å². The van der Waals surface area contributed by atoms with Crippen molar-refractivity contribution in [2.24, 2.45) is 0 Å². The van der Waals surface area contributed by atoms with Crippen LogP contribution in [0.3, 0.4) is 0 Å². The molecule has 2 aromatic carbocycles. The summed E-state index contributed by atoms with van der Waals surface area (Å²) in [4.78, 5) is 15.7. The summed E-state index contributed by atoms with van der Waals surface area (Å²) in [5, 5.41) is 7.55. The first-order valence-corrected chi connectivity index (χ1v) is 12.7. The number of benzene rings is 2. The van der Waals surface area contributed by atoms with Crippen molar-refractivity contribution < 1.29 is 4.79 Å². The summed E-state index contributed by atoms with van der Waals surface area (Å²) >= 11 is 1.72. The first-order valence-electron chi connectivity index (χ1n) is 11.8. The van der Waals surface area contributed by atoms with Gasteiger partial charge in [-0.1, -0.05) is 67.6 Å². The van der Waals surface area contributed by atoms with Gasteiger partial charge < -0.3 is 10.2 Å². The van der Waals surface area contributed by atoms with Crippen LogP contribution in [0.5, 0.6) is 0 Å². The highest BCUT2D eigenvalue weighted by Gasteiger charge is 2.25. The Morgan fingerprint density at radius 3 is 2.19 bits per heavy atom. The number of aryl methyl sites for hydroxylation is 3. The number of hydrogen-bond acceptors (Lipinski definition) is 2. The third-order valence-corrected chi connectivity index (χ3v) is 7.28. The predicted molar refractivity (Wildman–Crippen MR) is 136 cm³/mol. The second-order valence-electron chi connectivity index (χ2n) is 9.19. The van der Waals surface area contributed by atoms with Crippen molar-refractivity contribution >= 4 is 23.1 Å². The van der Waals surface area contributed by atoms with Gasteiger partial charge in [0.15, 0.2) is 0 Å². The zero-order chi connectivity index (χ0) is 22.5. The number of amides is 2. The Balaban J connectivity index is 1.56. The average Bonchev–Trinajstić information content (AvgIpc) is 3.18. The number of carbonyl (C=O) groups is 1. The SMILES string of the molecule is Cc1cc(C)c(NC(=O)N(Cc2ccc(-c3ccsc3)cc2)C2CCCCCC2)c(C)c1. The summed E-state index contributed by atoms with van der Waals surface area (Å²) in [5.41, 5.74) is 8.09. The Kier molecular flexibility index (Phi) is 7.31. The minimum absolute atomic E-state index is 0.0221. The van der Waals surface area contributed by atoms with E-state index in [4.69, 9.17) is 0 Å². The topological polar surface area (TPSA) is 32.3 Å².